The lowest BCUT2D eigenvalue weighted by Gasteiger charge is -2.43. The number of ether oxygens (including phenoxy) is 1. The van der Waals surface area contributed by atoms with Crippen molar-refractivity contribution in [2.45, 2.75) is 38.0 Å². The molecule has 172 valence electrons. The van der Waals surface area contributed by atoms with Crippen molar-refractivity contribution in [1.29, 1.82) is 0 Å². The topological polar surface area (TPSA) is 18.5 Å². The van der Waals surface area contributed by atoms with Crippen LogP contribution in [0.25, 0.3) is 0 Å². The molecule has 3 aromatic carbocycles. The molecule has 0 aliphatic carbocycles. The van der Waals surface area contributed by atoms with Gasteiger partial charge in [-0.05, 0) is 33.1 Å². The summed E-state index contributed by atoms with van der Waals surface area (Å²) in [7, 11) is -2.68. The summed E-state index contributed by atoms with van der Waals surface area (Å²) in [4.78, 5) is 0. The number of halogens is 1. The van der Waals surface area contributed by atoms with E-state index in [0.717, 1.165) is 5.56 Å². The molecule has 0 heterocycles. The van der Waals surface area contributed by atoms with E-state index in [9.17, 15) is 4.39 Å². The van der Waals surface area contributed by atoms with Crippen LogP contribution in [0.2, 0.25) is 5.04 Å². The second-order valence-electron chi connectivity index (χ2n) is 9.09. The molecule has 0 spiro atoms. The number of hydrogen-bond acceptors (Lipinski definition) is 2. The lowest BCUT2D eigenvalue weighted by molar-refractivity contribution is 0.0119. The Balaban J connectivity index is 1.93. The molecule has 0 radical (unpaired) electrons. The predicted octanol–water partition coefficient (Wildman–Crippen LogP) is 6.20. The van der Waals surface area contributed by atoms with Crippen molar-refractivity contribution in [1.82, 2.24) is 0 Å². The monoisotopic (exact) mass is 460 g/mol. The Morgan fingerprint density at radius 2 is 1.33 bits per heavy atom. The first-order valence-corrected chi connectivity index (χ1v) is 13.1. The maximum Gasteiger partial charge on any atom is 0.261 e. The van der Waals surface area contributed by atoms with Crippen molar-refractivity contribution in [3.05, 3.63) is 122 Å². The minimum Gasteiger partial charge on any atom is -0.404 e. The maximum atomic E-state index is 13.4. The Morgan fingerprint density at radius 3 is 1.76 bits per heavy atom. The lowest BCUT2D eigenvalue weighted by atomic mass is 10.1. The summed E-state index contributed by atoms with van der Waals surface area (Å²) in [6.07, 6.45) is 2.72. The summed E-state index contributed by atoms with van der Waals surface area (Å²) in [5, 5.41) is 2.30. The van der Waals surface area contributed by atoms with Crippen molar-refractivity contribution in [3.8, 4) is 0 Å². The third-order valence-electron chi connectivity index (χ3n) is 5.88. The molecule has 2 atom stereocenters. The number of benzene rings is 3. The van der Waals surface area contributed by atoms with Gasteiger partial charge in [-0.15, -0.1) is 13.2 Å². The molecule has 3 aromatic rings. The molecule has 0 bridgehead atoms. The highest BCUT2D eigenvalue weighted by Gasteiger charge is 2.50. The maximum absolute atomic E-state index is 13.4. The van der Waals surface area contributed by atoms with Gasteiger partial charge in [0.05, 0.1) is 12.7 Å². The van der Waals surface area contributed by atoms with Crippen molar-refractivity contribution >= 4 is 18.7 Å². The molecule has 0 aliphatic heterocycles. The highest BCUT2D eigenvalue weighted by atomic mass is 28.4. The Labute approximate surface area is 198 Å². The molecule has 0 saturated carbocycles. The van der Waals surface area contributed by atoms with Crippen LogP contribution in [0, 0.1) is 5.82 Å². The first-order chi connectivity index (χ1) is 15.8. The number of hydrogen-bond donors (Lipinski definition) is 0. The van der Waals surface area contributed by atoms with E-state index in [4.69, 9.17) is 9.16 Å². The molecule has 0 saturated heterocycles. The summed E-state index contributed by atoms with van der Waals surface area (Å²) < 4.78 is 26.6. The van der Waals surface area contributed by atoms with Crippen molar-refractivity contribution in [3.63, 3.8) is 0 Å². The predicted molar refractivity (Wildman–Crippen MR) is 138 cm³/mol. The van der Waals surface area contributed by atoms with E-state index >= 15 is 0 Å². The number of rotatable bonds is 10. The highest BCUT2D eigenvalue weighted by molar-refractivity contribution is 6.99. The minimum atomic E-state index is -2.68. The second-order valence-corrected chi connectivity index (χ2v) is 13.4. The summed E-state index contributed by atoms with van der Waals surface area (Å²) in [6, 6.07) is 27.3. The molecule has 0 aromatic heterocycles. The van der Waals surface area contributed by atoms with Crippen LogP contribution in [0.3, 0.4) is 0 Å². The van der Waals surface area contributed by atoms with Crippen LogP contribution in [0.4, 0.5) is 4.39 Å². The van der Waals surface area contributed by atoms with Gasteiger partial charge in [0.15, 0.2) is 0 Å². The fourth-order valence-corrected chi connectivity index (χ4v) is 8.81. The smallest absolute Gasteiger partial charge is 0.261 e. The highest BCUT2D eigenvalue weighted by Crippen LogP contribution is 2.37. The van der Waals surface area contributed by atoms with Crippen LogP contribution in [-0.2, 0) is 9.16 Å². The van der Waals surface area contributed by atoms with Gasteiger partial charge in [0, 0.05) is 0 Å². The van der Waals surface area contributed by atoms with E-state index in [-0.39, 0.29) is 17.0 Å². The van der Waals surface area contributed by atoms with Crippen LogP contribution >= 0.6 is 0 Å². The van der Waals surface area contributed by atoms with E-state index in [1.807, 2.05) is 12.1 Å². The molecule has 33 heavy (non-hydrogen) atoms. The molecular weight excluding hydrogens is 427 g/mol. The van der Waals surface area contributed by atoms with Crippen LogP contribution in [0.5, 0.6) is 0 Å². The van der Waals surface area contributed by atoms with Crippen molar-refractivity contribution < 1.29 is 13.6 Å². The van der Waals surface area contributed by atoms with Crippen molar-refractivity contribution in [2.75, 3.05) is 6.61 Å². The van der Waals surface area contributed by atoms with E-state index in [1.165, 1.54) is 22.5 Å². The Morgan fingerprint density at radius 1 is 0.818 bits per heavy atom. The standard InChI is InChI=1S/C29H33FO2Si/c1-6-25(32-28(7-2)23-18-20-24(30)21-19-23)22-31-33(29(3,4)5,26-14-10-8-11-15-26)27-16-12-9-13-17-27/h6-21,25,28H,1-2,22H2,3-5H3. The second kappa shape index (κ2) is 10.9. The minimum absolute atomic E-state index is 0.129. The third-order valence-corrected chi connectivity index (χ3v) is 10.9. The van der Waals surface area contributed by atoms with Gasteiger partial charge in [-0.25, -0.2) is 4.39 Å². The van der Waals surface area contributed by atoms with Gasteiger partial charge in [0.1, 0.15) is 11.9 Å². The largest absolute Gasteiger partial charge is 0.404 e. The van der Waals surface area contributed by atoms with E-state index in [0.29, 0.717) is 6.61 Å². The molecule has 0 fully saturated rings. The van der Waals surface area contributed by atoms with E-state index < -0.39 is 14.4 Å². The van der Waals surface area contributed by atoms with E-state index in [2.05, 4.69) is 82.5 Å². The molecule has 0 aliphatic rings. The molecule has 0 N–H and O–H groups in total. The fourth-order valence-electron chi connectivity index (χ4n) is 4.24. The summed E-state index contributed by atoms with van der Waals surface area (Å²) in [5.74, 6) is -0.281. The molecule has 2 unspecified atom stereocenters. The molecule has 2 nitrogen and oxygen atoms in total. The zero-order valence-electron chi connectivity index (χ0n) is 19.7. The lowest BCUT2D eigenvalue weighted by Crippen LogP contribution is -2.67. The van der Waals surface area contributed by atoms with Gasteiger partial charge in [-0.2, -0.15) is 0 Å². The van der Waals surface area contributed by atoms with Gasteiger partial charge in [0.2, 0.25) is 0 Å². The first-order valence-electron chi connectivity index (χ1n) is 11.2. The normalized spacial score (nSPS) is 13.8. The first kappa shape index (κ1) is 24.8. The molecular formula is C29H33FO2Si. The Bertz CT molecular complexity index is 987. The van der Waals surface area contributed by atoms with Gasteiger partial charge < -0.3 is 9.16 Å². The van der Waals surface area contributed by atoms with Gasteiger partial charge in [-0.1, -0.05) is 106 Å². The average Bonchev–Trinajstić information content (AvgIpc) is 2.82. The van der Waals surface area contributed by atoms with Crippen LogP contribution < -0.4 is 10.4 Å². The zero-order valence-corrected chi connectivity index (χ0v) is 20.7. The van der Waals surface area contributed by atoms with Crippen LogP contribution in [-0.4, -0.2) is 21.0 Å². The molecule has 3 rings (SSSR count). The SMILES string of the molecule is C=CC(CO[Si](c1ccccc1)(c1ccccc1)C(C)(C)C)OC(C=C)c1ccc(F)cc1. The van der Waals surface area contributed by atoms with Gasteiger partial charge >= 0.3 is 0 Å². The summed E-state index contributed by atoms with van der Waals surface area (Å²) in [5.41, 5.74) is 0.837. The zero-order chi connectivity index (χ0) is 23.9. The Hall–Kier alpha value is -2.79. The van der Waals surface area contributed by atoms with Crippen LogP contribution in [0.15, 0.2) is 110 Å². The van der Waals surface area contributed by atoms with Crippen molar-refractivity contribution in [2.24, 2.45) is 0 Å². The average molecular weight is 461 g/mol. The Kier molecular flexibility index (Phi) is 8.19. The summed E-state index contributed by atoms with van der Waals surface area (Å²) >= 11 is 0. The van der Waals surface area contributed by atoms with Gasteiger partial charge in [-0.3, -0.25) is 0 Å². The summed E-state index contributed by atoms with van der Waals surface area (Å²) in [6.45, 7) is 15.0. The van der Waals surface area contributed by atoms with E-state index in [1.54, 1.807) is 24.3 Å². The quantitative estimate of drug-likeness (QED) is 0.265. The van der Waals surface area contributed by atoms with Gasteiger partial charge in [0.25, 0.3) is 8.32 Å². The van der Waals surface area contributed by atoms with Crippen LogP contribution in [0.1, 0.15) is 32.4 Å². The third kappa shape index (κ3) is 5.59. The molecule has 0 amide bonds. The fraction of sp³-hybridized carbons (Fsp3) is 0.241. The molecule has 4 heteroatoms.